The van der Waals surface area contributed by atoms with E-state index in [9.17, 15) is 14.4 Å². The van der Waals surface area contributed by atoms with Crippen LogP contribution >= 0.6 is 34.8 Å². The van der Waals surface area contributed by atoms with Crippen molar-refractivity contribution in [2.24, 2.45) is 0 Å². The van der Waals surface area contributed by atoms with Crippen molar-refractivity contribution < 1.29 is 19.1 Å². The Balaban J connectivity index is 2.50. The molecule has 0 N–H and O–H groups in total. The Morgan fingerprint density at radius 2 is 1.60 bits per heavy atom. The first-order valence-electron chi connectivity index (χ1n) is 7.20. The van der Waals surface area contributed by atoms with Crippen LogP contribution in [0.2, 0.25) is 0 Å². The molecule has 0 bridgehead atoms. The van der Waals surface area contributed by atoms with E-state index in [4.69, 9.17) is 34.8 Å². The largest absolute Gasteiger partial charge is 0.390 e. The summed E-state index contributed by atoms with van der Waals surface area (Å²) < 4.78 is 2.77. The number of hydrogen-bond donors (Lipinski definition) is 0. The normalized spacial score (nSPS) is 11.0. The number of halogens is 3. The SMILES string of the molecule is CC(=O)OC(=O)c1cccc(C(Cl)(Cl)Cl)c1CC(=O)c1ccccc1. The lowest BCUT2D eigenvalue weighted by Crippen LogP contribution is -2.18. The van der Waals surface area contributed by atoms with E-state index in [1.54, 1.807) is 30.3 Å². The highest BCUT2D eigenvalue weighted by Gasteiger charge is 2.30. The molecule has 25 heavy (non-hydrogen) atoms. The summed E-state index contributed by atoms with van der Waals surface area (Å²) >= 11 is 17.9. The van der Waals surface area contributed by atoms with Crippen molar-refractivity contribution in [2.75, 3.05) is 0 Å². The first kappa shape index (κ1) is 19.4. The molecule has 2 aromatic rings. The number of rotatable bonds is 4. The summed E-state index contributed by atoms with van der Waals surface area (Å²) in [6, 6.07) is 12.9. The molecule has 0 aliphatic carbocycles. The van der Waals surface area contributed by atoms with Gasteiger partial charge in [0.15, 0.2) is 5.78 Å². The second kappa shape index (κ2) is 8.00. The van der Waals surface area contributed by atoms with Gasteiger partial charge in [0.05, 0.1) is 5.56 Å². The fraction of sp³-hybridized carbons (Fsp3) is 0.167. The number of benzene rings is 2. The predicted molar refractivity (Wildman–Crippen MR) is 96.3 cm³/mol. The highest BCUT2D eigenvalue weighted by Crippen LogP contribution is 2.41. The van der Waals surface area contributed by atoms with Gasteiger partial charge in [-0.25, -0.2) is 4.79 Å². The highest BCUT2D eigenvalue weighted by molar-refractivity contribution is 6.66. The lowest BCUT2D eigenvalue weighted by molar-refractivity contribution is -0.135. The molecule has 4 nitrogen and oxygen atoms in total. The summed E-state index contributed by atoms with van der Waals surface area (Å²) in [7, 11) is 0. The van der Waals surface area contributed by atoms with Gasteiger partial charge >= 0.3 is 11.9 Å². The number of carbonyl (C=O) groups is 3. The molecule has 0 aromatic heterocycles. The molecule has 0 saturated carbocycles. The van der Waals surface area contributed by atoms with E-state index in [1.807, 2.05) is 0 Å². The van der Waals surface area contributed by atoms with Crippen LogP contribution in [-0.4, -0.2) is 17.7 Å². The van der Waals surface area contributed by atoms with E-state index < -0.39 is 15.7 Å². The van der Waals surface area contributed by atoms with Gasteiger partial charge in [-0.15, -0.1) is 0 Å². The van der Waals surface area contributed by atoms with E-state index in [-0.39, 0.29) is 28.9 Å². The summed E-state index contributed by atoms with van der Waals surface area (Å²) in [6.07, 6.45) is -0.184. The molecule has 0 spiro atoms. The second-order valence-electron chi connectivity index (χ2n) is 5.18. The Morgan fingerprint density at radius 3 is 2.16 bits per heavy atom. The lowest BCUT2D eigenvalue weighted by atomic mass is 9.94. The average molecular weight is 400 g/mol. The van der Waals surface area contributed by atoms with Crippen molar-refractivity contribution in [1.29, 1.82) is 0 Å². The van der Waals surface area contributed by atoms with Crippen LogP contribution in [-0.2, 0) is 19.7 Å². The van der Waals surface area contributed by atoms with Gasteiger partial charge in [0.1, 0.15) is 0 Å². The molecule has 0 unspecified atom stereocenters. The van der Waals surface area contributed by atoms with Gasteiger partial charge in [-0.1, -0.05) is 77.3 Å². The van der Waals surface area contributed by atoms with Crippen LogP contribution in [0.15, 0.2) is 48.5 Å². The minimum absolute atomic E-state index is 0.00306. The third-order valence-corrected chi connectivity index (χ3v) is 3.98. The fourth-order valence-corrected chi connectivity index (χ4v) is 2.84. The third-order valence-electron chi connectivity index (χ3n) is 3.37. The van der Waals surface area contributed by atoms with Crippen LogP contribution in [0.5, 0.6) is 0 Å². The Morgan fingerprint density at radius 1 is 0.960 bits per heavy atom. The van der Waals surface area contributed by atoms with E-state index in [0.717, 1.165) is 6.92 Å². The maximum atomic E-state index is 12.5. The summed E-state index contributed by atoms with van der Waals surface area (Å²) in [5, 5.41) is 0. The zero-order valence-electron chi connectivity index (χ0n) is 13.1. The van der Waals surface area contributed by atoms with Crippen LogP contribution in [0.25, 0.3) is 0 Å². The fourth-order valence-electron chi connectivity index (χ4n) is 2.31. The molecule has 0 atom stereocenters. The summed E-state index contributed by atoms with van der Waals surface area (Å²) in [5.41, 5.74) is 0.846. The lowest BCUT2D eigenvalue weighted by Gasteiger charge is -2.18. The minimum Gasteiger partial charge on any atom is -0.390 e. The molecular formula is C18H13Cl3O4. The Kier molecular flexibility index (Phi) is 6.22. The second-order valence-corrected chi connectivity index (χ2v) is 7.46. The van der Waals surface area contributed by atoms with Crippen molar-refractivity contribution >= 4 is 52.5 Å². The van der Waals surface area contributed by atoms with E-state index >= 15 is 0 Å². The van der Waals surface area contributed by atoms with Crippen molar-refractivity contribution in [3.8, 4) is 0 Å². The molecule has 0 aliphatic rings. The van der Waals surface area contributed by atoms with Crippen LogP contribution in [0.1, 0.15) is 38.8 Å². The van der Waals surface area contributed by atoms with Crippen molar-refractivity contribution in [3.63, 3.8) is 0 Å². The van der Waals surface area contributed by atoms with Crippen LogP contribution in [0.3, 0.4) is 0 Å². The number of alkyl halides is 3. The quantitative estimate of drug-likeness (QED) is 0.325. The number of ether oxygens (including phenoxy) is 1. The van der Waals surface area contributed by atoms with Gasteiger partial charge in [0.25, 0.3) is 0 Å². The summed E-state index contributed by atoms with van der Waals surface area (Å²) in [6.45, 7) is 1.10. The highest BCUT2D eigenvalue weighted by atomic mass is 35.6. The van der Waals surface area contributed by atoms with Crippen LogP contribution in [0.4, 0.5) is 0 Å². The Hall–Kier alpha value is -1.88. The van der Waals surface area contributed by atoms with E-state index in [1.165, 1.54) is 18.2 Å². The first-order chi connectivity index (χ1) is 11.7. The number of hydrogen-bond acceptors (Lipinski definition) is 4. The third kappa shape index (κ3) is 5.05. The van der Waals surface area contributed by atoms with Gasteiger partial charge in [-0.05, 0) is 11.6 Å². The molecular weight excluding hydrogens is 387 g/mol. The topological polar surface area (TPSA) is 60.4 Å². The molecule has 130 valence electrons. The zero-order valence-corrected chi connectivity index (χ0v) is 15.4. The molecule has 2 aromatic carbocycles. The van der Waals surface area contributed by atoms with Crippen molar-refractivity contribution in [1.82, 2.24) is 0 Å². The molecule has 0 fully saturated rings. The zero-order chi connectivity index (χ0) is 18.6. The van der Waals surface area contributed by atoms with E-state index in [0.29, 0.717) is 5.56 Å². The smallest absolute Gasteiger partial charge is 0.346 e. The Labute approximate surface area is 159 Å². The molecule has 0 saturated heterocycles. The van der Waals surface area contributed by atoms with Gasteiger partial charge in [-0.2, -0.15) is 0 Å². The summed E-state index contributed by atoms with van der Waals surface area (Å²) in [4.78, 5) is 35.8. The van der Waals surface area contributed by atoms with Crippen LogP contribution in [0, 0.1) is 0 Å². The predicted octanol–water partition coefficient (Wildman–Crippen LogP) is 4.64. The van der Waals surface area contributed by atoms with Gasteiger partial charge in [0, 0.05) is 24.5 Å². The monoisotopic (exact) mass is 398 g/mol. The number of carbonyl (C=O) groups excluding carboxylic acids is 3. The van der Waals surface area contributed by atoms with Gasteiger partial charge in [0.2, 0.25) is 3.79 Å². The maximum Gasteiger partial charge on any atom is 0.346 e. The molecule has 2 rings (SSSR count). The molecule has 0 aliphatic heterocycles. The van der Waals surface area contributed by atoms with Gasteiger partial charge < -0.3 is 4.74 Å². The number of ketones is 1. The molecule has 7 heteroatoms. The minimum atomic E-state index is -1.85. The van der Waals surface area contributed by atoms with Gasteiger partial charge in [-0.3, -0.25) is 9.59 Å². The maximum absolute atomic E-state index is 12.5. The van der Waals surface area contributed by atoms with E-state index in [2.05, 4.69) is 4.74 Å². The number of Topliss-reactive ketones (excluding diaryl/α,β-unsaturated/α-hetero) is 1. The molecule has 0 radical (unpaired) electrons. The molecule has 0 heterocycles. The average Bonchev–Trinajstić information content (AvgIpc) is 2.54. The first-order valence-corrected chi connectivity index (χ1v) is 8.33. The van der Waals surface area contributed by atoms with Crippen molar-refractivity contribution in [3.05, 3.63) is 70.8 Å². The molecule has 0 amide bonds. The van der Waals surface area contributed by atoms with Crippen LogP contribution < -0.4 is 0 Å². The Bertz CT molecular complexity index is 811. The number of esters is 2. The standard InChI is InChI=1S/C18H13Cl3O4/c1-11(22)25-17(24)13-8-5-9-15(18(19,20)21)14(13)10-16(23)12-6-3-2-4-7-12/h2-9H,10H2,1H3. The summed E-state index contributed by atoms with van der Waals surface area (Å²) in [5.74, 6) is -1.94. The van der Waals surface area contributed by atoms with Crippen molar-refractivity contribution in [2.45, 2.75) is 17.1 Å².